The molecule has 0 spiro atoms. The molecule has 3 aromatic rings. The van der Waals surface area contributed by atoms with Gasteiger partial charge in [0.1, 0.15) is 22.2 Å². The lowest BCUT2D eigenvalue weighted by atomic mass is 10.2. The van der Waals surface area contributed by atoms with Crippen molar-refractivity contribution in [3.8, 4) is 5.75 Å². The Balaban J connectivity index is 1.89. The van der Waals surface area contributed by atoms with Crippen molar-refractivity contribution < 1.29 is 4.74 Å². The Labute approximate surface area is 134 Å². The number of ether oxygens (including phenoxy) is 1. The van der Waals surface area contributed by atoms with Crippen LogP contribution in [0.15, 0.2) is 30.3 Å². The van der Waals surface area contributed by atoms with Gasteiger partial charge in [-0.25, -0.2) is 9.97 Å². The van der Waals surface area contributed by atoms with Crippen molar-refractivity contribution in [3.63, 3.8) is 0 Å². The molecule has 22 heavy (non-hydrogen) atoms. The Morgan fingerprint density at radius 1 is 1.23 bits per heavy atom. The Morgan fingerprint density at radius 2 is 2.09 bits per heavy atom. The standard InChI is InChI=1S/C17H19N3OS/c1-4-15-19-16(14-8-11(2)22-17(14)20-15)18-10-12-6-5-7-13(9-12)21-3/h5-9H,4,10H2,1-3H3,(H,18,19,20). The van der Waals surface area contributed by atoms with Gasteiger partial charge in [-0.2, -0.15) is 0 Å². The van der Waals surface area contributed by atoms with E-state index in [9.17, 15) is 0 Å². The van der Waals surface area contributed by atoms with E-state index in [1.54, 1.807) is 18.4 Å². The van der Waals surface area contributed by atoms with E-state index >= 15 is 0 Å². The van der Waals surface area contributed by atoms with Crippen molar-refractivity contribution in [2.75, 3.05) is 12.4 Å². The highest BCUT2D eigenvalue weighted by Gasteiger charge is 2.09. The summed E-state index contributed by atoms with van der Waals surface area (Å²) in [5.74, 6) is 2.66. The lowest BCUT2D eigenvalue weighted by molar-refractivity contribution is 0.414. The first-order chi connectivity index (χ1) is 10.7. The highest BCUT2D eigenvalue weighted by molar-refractivity contribution is 7.18. The second-order valence-electron chi connectivity index (χ2n) is 5.12. The minimum Gasteiger partial charge on any atom is -0.497 e. The second-order valence-corrected chi connectivity index (χ2v) is 6.36. The normalized spacial score (nSPS) is 10.9. The van der Waals surface area contributed by atoms with E-state index < -0.39 is 0 Å². The zero-order chi connectivity index (χ0) is 15.5. The highest BCUT2D eigenvalue weighted by Crippen LogP contribution is 2.29. The molecule has 0 unspecified atom stereocenters. The summed E-state index contributed by atoms with van der Waals surface area (Å²) in [6.45, 7) is 4.89. The number of rotatable bonds is 5. The molecule has 3 rings (SSSR count). The highest BCUT2D eigenvalue weighted by atomic mass is 32.1. The molecule has 2 heterocycles. The fourth-order valence-electron chi connectivity index (χ4n) is 2.35. The number of aromatic nitrogens is 2. The number of hydrogen-bond donors (Lipinski definition) is 1. The van der Waals surface area contributed by atoms with E-state index in [1.807, 2.05) is 18.2 Å². The zero-order valence-corrected chi connectivity index (χ0v) is 13.8. The van der Waals surface area contributed by atoms with E-state index in [2.05, 4.69) is 41.3 Å². The maximum Gasteiger partial charge on any atom is 0.138 e. The number of benzene rings is 1. The van der Waals surface area contributed by atoms with Crippen molar-refractivity contribution in [2.45, 2.75) is 26.8 Å². The van der Waals surface area contributed by atoms with Crippen LogP contribution in [0.4, 0.5) is 5.82 Å². The third kappa shape index (κ3) is 3.04. The lowest BCUT2D eigenvalue weighted by Gasteiger charge is -2.09. The molecular weight excluding hydrogens is 294 g/mol. The third-order valence-corrected chi connectivity index (χ3v) is 4.42. The van der Waals surface area contributed by atoms with Gasteiger partial charge in [0.25, 0.3) is 0 Å². The van der Waals surface area contributed by atoms with E-state index in [0.29, 0.717) is 6.54 Å². The number of aryl methyl sites for hydroxylation is 2. The third-order valence-electron chi connectivity index (χ3n) is 3.47. The molecule has 2 aromatic heterocycles. The molecule has 1 N–H and O–H groups in total. The van der Waals surface area contributed by atoms with Gasteiger partial charge in [0.15, 0.2) is 0 Å². The van der Waals surface area contributed by atoms with Crippen LogP contribution in [0.25, 0.3) is 10.2 Å². The predicted octanol–water partition coefficient (Wildman–Crippen LogP) is 4.18. The SMILES string of the molecule is CCc1nc(NCc2cccc(OC)c2)c2cc(C)sc2n1. The maximum absolute atomic E-state index is 5.27. The molecule has 114 valence electrons. The Hall–Kier alpha value is -2.14. The predicted molar refractivity (Wildman–Crippen MR) is 91.9 cm³/mol. The van der Waals surface area contributed by atoms with Gasteiger partial charge in [0.05, 0.1) is 12.5 Å². The van der Waals surface area contributed by atoms with Gasteiger partial charge >= 0.3 is 0 Å². The second kappa shape index (κ2) is 6.32. The van der Waals surface area contributed by atoms with Crippen molar-refractivity contribution in [2.24, 2.45) is 0 Å². The van der Waals surface area contributed by atoms with Crippen LogP contribution in [0.2, 0.25) is 0 Å². The Morgan fingerprint density at radius 3 is 2.86 bits per heavy atom. The maximum atomic E-state index is 5.27. The van der Waals surface area contributed by atoms with E-state index in [0.717, 1.165) is 39.6 Å². The van der Waals surface area contributed by atoms with E-state index in [1.165, 1.54) is 4.88 Å². The average molecular weight is 313 g/mol. The van der Waals surface area contributed by atoms with Gasteiger partial charge in [-0.15, -0.1) is 11.3 Å². The summed E-state index contributed by atoms with van der Waals surface area (Å²) in [6, 6.07) is 10.2. The molecule has 0 saturated carbocycles. The average Bonchev–Trinajstić information content (AvgIpc) is 2.92. The number of hydrogen-bond acceptors (Lipinski definition) is 5. The fourth-order valence-corrected chi connectivity index (χ4v) is 3.25. The molecule has 0 fully saturated rings. The number of methoxy groups -OCH3 is 1. The molecule has 0 atom stereocenters. The van der Waals surface area contributed by atoms with Crippen molar-refractivity contribution in [3.05, 3.63) is 46.6 Å². The van der Waals surface area contributed by atoms with Crippen LogP contribution in [0, 0.1) is 6.92 Å². The molecule has 4 nitrogen and oxygen atoms in total. The van der Waals surface area contributed by atoms with Gasteiger partial charge in [-0.1, -0.05) is 19.1 Å². The molecule has 0 saturated heterocycles. The summed E-state index contributed by atoms with van der Waals surface area (Å²) in [7, 11) is 1.68. The van der Waals surface area contributed by atoms with Gasteiger partial charge in [-0.3, -0.25) is 0 Å². The van der Waals surface area contributed by atoms with Crippen molar-refractivity contribution in [1.82, 2.24) is 9.97 Å². The van der Waals surface area contributed by atoms with Gasteiger partial charge in [0, 0.05) is 17.8 Å². The number of nitrogens with zero attached hydrogens (tertiary/aromatic N) is 2. The Bertz CT molecular complexity index is 798. The minimum atomic E-state index is 0.710. The minimum absolute atomic E-state index is 0.710. The van der Waals surface area contributed by atoms with Gasteiger partial charge in [-0.05, 0) is 30.7 Å². The monoisotopic (exact) mass is 313 g/mol. The Kier molecular flexibility index (Phi) is 4.24. The number of nitrogens with one attached hydrogen (secondary N) is 1. The molecular formula is C17H19N3OS. The summed E-state index contributed by atoms with van der Waals surface area (Å²) in [5, 5.41) is 4.54. The van der Waals surface area contributed by atoms with Crippen LogP contribution in [0.1, 0.15) is 23.2 Å². The molecule has 0 aliphatic carbocycles. The van der Waals surface area contributed by atoms with Crippen LogP contribution in [0.3, 0.4) is 0 Å². The summed E-state index contributed by atoms with van der Waals surface area (Å²) in [6.07, 6.45) is 0.834. The van der Waals surface area contributed by atoms with Crippen LogP contribution >= 0.6 is 11.3 Å². The number of thiophene rings is 1. The summed E-state index contributed by atoms with van der Waals surface area (Å²) >= 11 is 1.71. The fraction of sp³-hybridized carbons (Fsp3) is 0.294. The quantitative estimate of drug-likeness (QED) is 0.767. The van der Waals surface area contributed by atoms with Crippen molar-refractivity contribution >= 4 is 27.4 Å². The summed E-state index contributed by atoms with van der Waals surface area (Å²) < 4.78 is 5.27. The smallest absolute Gasteiger partial charge is 0.138 e. The largest absolute Gasteiger partial charge is 0.497 e. The molecule has 5 heteroatoms. The molecule has 0 aliphatic heterocycles. The first kappa shape index (κ1) is 14.8. The van der Waals surface area contributed by atoms with Crippen LogP contribution in [0.5, 0.6) is 5.75 Å². The van der Waals surface area contributed by atoms with E-state index in [-0.39, 0.29) is 0 Å². The van der Waals surface area contributed by atoms with Crippen LogP contribution < -0.4 is 10.1 Å². The molecule has 0 amide bonds. The first-order valence-electron chi connectivity index (χ1n) is 7.33. The summed E-state index contributed by atoms with van der Waals surface area (Å²) in [4.78, 5) is 11.6. The first-order valence-corrected chi connectivity index (χ1v) is 8.15. The van der Waals surface area contributed by atoms with Crippen LogP contribution in [-0.2, 0) is 13.0 Å². The molecule has 0 bridgehead atoms. The number of fused-ring (bicyclic) bond motifs is 1. The van der Waals surface area contributed by atoms with Crippen molar-refractivity contribution in [1.29, 1.82) is 0 Å². The van der Waals surface area contributed by atoms with Crippen LogP contribution in [-0.4, -0.2) is 17.1 Å². The summed E-state index contributed by atoms with van der Waals surface area (Å²) in [5.41, 5.74) is 1.16. The molecule has 0 aliphatic rings. The molecule has 0 radical (unpaired) electrons. The lowest BCUT2D eigenvalue weighted by Crippen LogP contribution is -2.04. The topological polar surface area (TPSA) is 47.0 Å². The van der Waals surface area contributed by atoms with Gasteiger partial charge < -0.3 is 10.1 Å². The van der Waals surface area contributed by atoms with Gasteiger partial charge in [0.2, 0.25) is 0 Å². The molecule has 1 aromatic carbocycles. The van der Waals surface area contributed by atoms with E-state index in [4.69, 9.17) is 4.74 Å². The zero-order valence-electron chi connectivity index (χ0n) is 13.0. The number of anilines is 1.